The highest BCUT2D eigenvalue weighted by Crippen LogP contribution is 2.38. The standard InChI is InChI=1S/C16H20ClF3N2/c1-11(2)9-15(22-7-5-21-6-8-22)12-3-4-14(17)13(10-12)16(18,19)20/h3-4,10,15,21H,1,5-9H2,2H3/t15-/m0/s1. The Bertz CT molecular complexity index is 537. The highest BCUT2D eigenvalue weighted by atomic mass is 35.5. The molecule has 1 N–H and O–H groups in total. The van der Waals surface area contributed by atoms with E-state index in [1.807, 2.05) is 6.92 Å². The SMILES string of the molecule is C=C(C)C[C@@H](c1ccc(Cl)c(C(F)(F)F)c1)N1CCNCC1. The van der Waals surface area contributed by atoms with Crippen molar-refractivity contribution in [2.24, 2.45) is 0 Å². The molecule has 2 nitrogen and oxygen atoms in total. The largest absolute Gasteiger partial charge is 0.417 e. The molecule has 2 rings (SSSR count). The third-order valence-corrected chi connectivity index (χ3v) is 4.14. The summed E-state index contributed by atoms with van der Waals surface area (Å²) >= 11 is 5.72. The van der Waals surface area contributed by atoms with Gasteiger partial charge >= 0.3 is 6.18 Å². The lowest BCUT2D eigenvalue weighted by molar-refractivity contribution is -0.137. The quantitative estimate of drug-likeness (QED) is 0.828. The second kappa shape index (κ2) is 7.02. The molecular formula is C16H20ClF3N2. The van der Waals surface area contributed by atoms with Crippen LogP contribution in [0.1, 0.15) is 30.5 Å². The number of nitrogens with one attached hydrogen (secondary N) is 1. The van der Waals surface area contributed by atoms with E-state index >= 15 is 0 Å². The van der Waals surface area contributed by atoms with E-state index in [2.05, 4.69) is 16.8 Å². The lowest BCUT2D eigenvalue weighted by Crippen LogP contribution is -2.45. The summed E-state index contributed by atoms with van der Waals surface area (Å²) in [4.78, 5) is 2.20. The second-order valence-electron chi connectivity index (χ2n) is 5.70. The van der Waals surface area contributed by atoms with Crippen LogP contribution in [0.25, 0.3) is 0 Å². The molecule has 0 aliphatic carbocycles. The van der Waals surface area contributed by atoms with E-state index in [4.69, 9.17) is 11.6 Å². The fraction of sp³-hybridized carbons (Fsp3) is 0.500. The van der Waals surface area contributed by atoms with Crippen LogP contribution in [0, 0.1) is 0 Å². The summed E-state index contributed by atoms with van der Waals surface area (Å²) in [6.07, 6.45) is -3.80. The van der Waals surface area contributed by atoms with Crippen molar-refractivity contribution in [2.45, 2.75) is 25.6 Å². The van der Waals surface area contributed by atoms with Gasteiger partial charge in [0.05, 0.1) is 10.6 Å². The number of halogens is 4. The van der Waals surface area contributed by atoms with Crippen LogP contribution in [0.3, 0.4) is 0 Å². The summed E-state index contributed by atoms with van der Waals surface area (Å²) in [6.45, 7) is 9.11. The minimum absolute atomic E-state index is 0.0991. The number of rotatable bonds is 4. The molecule has 0 unspecified atom stereocenters. The zero-order chi connectivity index (χ0) is 16.3. The van der Waals surface area contributed by atoms with Gasteiger partial charge in [0.15, 0.2) is 0 Å². The smallest absolute Gasteiger partial charge is 0.314 e. The molecule has 1 aromatic carbocycles. The van der Waals surface area contributed by atoms with E-state index in [0.29, 0.717) is 12.0 Å². The zero-order valence-corrected chi connectivity index (χ0v) is 13.3. The fourth-order valence-electron chi connectivity index (χ4n) is 2.75. The Balaban J connectivity index is 2.36. The predicted octanol–water partition coefficient (Wildman–Crippen LogP) is 4.27. The van der Waals surface area contributed by atoms with Gasteiger partial charge in [-0.05, 0) is 31.0 Å². The van der Waals surface area contributed by atoms with E-state index in [9.17, 15) is 13.2 Å². The molecule has 1 aliphatic heterocycles. The second-order valence-corrected chi connectivity index (χ2v) is 6.11. The topological polar surface area (TPSA) is 15.3 Å². The van der Waals surface area contributed by atoms with Gasteiger partial charge in [-0.25, -0.2) is 0 Å². The van der Waals surface area contributed by atoms with Gasteiger partial charge in [-0.15, -0.1) is 6.58 Å². The first-order chi connectivity index (χ1) is 10.3. The number of alkyl halides is 3. The summed E-state index contributed by atoms with van der Waals surface area (Å²) in [5.74, 6) is 0. The van der Waals surface area contributed by atoms with Crippen LogP contribution in [-0.2, 0) is 6.18 Å². The molecule has 1 atom stereocenters. The maximum atomic E-state index is 13.1. The fourth-order valence-corrected chi connectivity index (χ4v) is 2.97. The predicted molar refractivity (Wildman–Crippen MR) is 83.1 cm³/mol. The average Bonchev–Trinajstić information content (AvgIpc) is 2.45. The van der Waals surface area contributed by atoms with Crippen LogP contribution >= 0.6 is 11.6 Å². The zero-order valence-electron chi connectivity index (χ0n) is 12.5. The summed E-state index contributed by atoms with van der Waals surface area (Å²) in [6, 6.07) is 4.11. The van der Waals surface area contributed by atoms with E-state index in [1.165, 1.54) is 12.1 Å². The molecule has 122 valence electrons. The van der Waals surface area contributed by atoms with Crippen LogP contribution in [0.2, 0.25) is 5.02 Å². The molecule has 1 heterocycles. The number of hydrogen-bond acceptors (Lipinski definition) is 2. The molecular weight excluding hydrogens is 313 g/mol. The van der Waals surface area contributed by atoms with Crippen molar-refractivity contribution in [3.05, 3.63) is 46.5 Å². The van der Waals surface area contributed by atoms with Gasteiger partial charge in [-0.2, -0.15) is 13.2 Å². The van der Waals surface area contributed by atoms with E-state index in [1.54, 1.807) is 6.07 Å². The van der Waals surface area contributed by atoms with Crippen molar-refractivity contribution in [1.29, 1.82) is 0 Å². The van der Waals surface area contributed by atoms with Gasteiger partial charge in [0.1, 0.15) is 0 Å². The Morgan fingerprint density at radius 2 is 2.00 bits per heavy atom. The maximum absolute atomic E-state index is 13.1. The van der Waals surface area contributed by atoms with E-state index in [0.717, 1.165) is 31.8 Å². The van der Waals surface area contributed by atoms with Crippen LogP contribution in [0.4, 0.5) is 13.2 Å². The molecule has 1 saturated heterocycles. The minimum atomic E-state index is -4.44. The molecule has 0 radical (unpaired) electrons. The van der Waals surface area contributed by atoms with Crippen LogP contribution in [-0.4, -0.2) is 31.1 Å². The van der Waals surface area contributed by atoms with Gasteiger partial charge in [-0.1, -0.05) is 23.2 Å². The highest BCUT2D eigenvalue weighted by Gasteiger charge is 2.34. The van der Waals surface area contributed by atoms with Gasteiger partial charge in [0.25, 0.3) is 0 Å². The lowest BCUT2D eigenvalue weighted by atomic mass is 9.96. The van der Waals surface area contributed by atoms with Crippen molar-refractivity contribution >= 4 is 11.6 Å². The monoisotopic (exact) mass is 332 g/mol. The highest BCUT2D eigenvalue weighted by molar-refractivity contribution is 6.31. The molecule has 6 heteroatoms. The molecule has 0 bridgehead atoms. The molecule has 1 aromatic rings. The molecule has 1 aliphatic rings. The summed E-state index contributed by atoms with van der Waals surface area (Å²) in [7, 11) is 0. The first-order valence-corrected chi connectivity index (χ1v) is 7.62. The number of piperazine rings is 1. The minimum Gasteiger partial charge on any atom is -0.314 e. The van der Waals surface area contributed by atoms with Crippen molar-refractivity contribution in [1.82, 2.24) is 10.2 Å². The maximum Gasteiger partial charge on any atom is 0.417 e. The molecule has 0 amide bonds. The van der Waals surface area contributed by atoms with Crippen molar-refractivity contribution in [3.8, 4) is 0 Å². The van der Waals surface area contributed by atoms with E-state index < -0.39 is 11.7 Å². The molecule has 0 spiro atoms. The molecule has 22 heavy (non-hydrogen) atoms. The van der Waals surface area contributed by atoms with Gasteiger partial charge in [-0.3, -0.25) is 4.90 Å². The lowest BCUT2D eigenvalue weighted by Gasteiger charge is -2.35. The first-order valence-electron chi connectivity index (χ1n) is 7.25. The third-order valence-electron chi connectivity index (χ3n) is 3.81. The van der Waals surface area contributed by atoms with Crippen LogP contribution < -0.4 is 5.32 Å². The van der Waals surface area contributed by atoms with Gasteiger partial charge in [0, 0.05) is 32.2 Å². The molecule has 0 aromatic heterocycles. The van der Waals surface area contributed by atoms with Crippen molar-refractivity contribution in [2.75, 3.05) is 26.2 Å². The number of nitrogens with zero attached hydrogens (tertiary/aromatic N) is 1. The normalized spacial score (nSPS) is 18.2. The summed E-state index contributed by atoms with van der Waals surface area (Å²) < 4.78 is 39.2. The van der Waals surface area contributed by atoms with Crippen molar-refractivity contribution < 1.29 is 13.2 Å². The Hall–Kier alpha value is -1.04. The van der Waals surface area contributed by atoms with Crippen LogP contribution in [0.5, 0.6) is 0 Å². The Kier molecular flexibility index (Phi) is 5.53. The van der Waals surface area contributed by atoms with Crippen molar-refractivity contribution in [3.63, 3.8) is 0 Å². The number of benzene rings is 1. The first kappa shape index (κ1) is 17.3. The average molecular weight is 333 g/mol. The van der Waals surface area contributed by atoms with Gasteiger partial charge < -0.3 is 5.32 Å². The Morgan fingerprint density at radius 1 is 1.36 bits per heavy atom. The third kappa shape index (κ3) is 4.24. The Morgan fingerprint density at radius 3 is 2.55 bits per heavy atom. The summed E-state index contributed by atoms with van der Waals surface area (Å²) in [5.41, 5.74) is 0.821. The van der Waals surface area contributed by atoms with Gasteiger partial charge in [0.2, 0.25) is 0 Å². The molecule has 0 saturated carbocycles. The number of hydrogen-bond donors (Lipinski definition) is 1. The van der Waals surface area contributed by atoms with E-state index in [-0.39, 0.29) is 11.1 Å². The van der Waals surface area contributed by atoms with Crippen LogP contribution in [0.15, 0.2) is 30.4 Å². The molecule has 1 fully saturated rings. The Labute approximate surface area is 133 Å². The summed E-state index contributed by atoms with van der Waals surface area (Å²) in [5, 5.41) is 3.00.